The van der Waals surface area contributed by atoms with E-state index in [1.165, 1.54) is 36.6 Å². The van der Waals surface area contributed by atoms with Crippen LogP contribution in [0.3, 0.4) is 0 Å². The average Bonchev–Trinajstić information content (AvgIpc) is 3.27. The fourth-order valence-corrected chi connectivity index (χ4v) is 4.43. The number of methoxy groups -OCH3 is 1. The quantitative estimate of drug-likeness (QED) is 0.512. The van der Waals surface area contributed by atoms with Crippen LogP contribution in [0.1, 0.15) is 5.56 Å². The maximum absolute atomic E-state index is 14.2. The highest BCUT2D eigenvalue weighted by atomic mass is 32.1. The van der Waals surface area contributed by atoms with E-state index >= 15 is 0 Å². The molecule has 0 aliphatic carbocycles. The molecule has 4 aromatic rings. The van der Waals surface area contributed by atoms with Crippen molar-refractivity contribution >= 4 is 32.5 Å². The van der Waals surface area contributed by atoms with Crippen molar-refractivity contribution in [2.24, 2.45) is 0 Å². The van der Waals surface area contributed by atoms with Crippen LogP contribution in [-0.4, -0.2) is 23.7 Å². The van der Waals surface area contributed by atoms with E-state index in [1.54, 1.807) is 12.3 Å². The molecule has 0 saturated heterocycles. The lowest BCUT2D eigenvalue weighted by Crippen LogP contribution is -1.90. The predicted molar refractivity (Wildman–Crippen MR) is 96.0 cm³/mol. The van der Waals surface area contributed by atoms with Crippen LogP contribution in [0.4, 0.5) is 8.78 Å². The second-order valence-corrected chi connectivity index (χ2v) is 7.03. The molecule has 0 amide bonds. The summed E-state index contributed by atoms with van der Waals surface area (Å²) in [4.78, 5) is 8.95. The Bertz CT molecular complexity index is 1190. The molecule has 7 heteroatoms. The zero-order valence-electron chi connectivity index (χ0n) is 13.7. The van der Waals surface area contributed by atoms with Crippen LogP contribution in [0.15, 0.2) is 30.5 Å². The van der Waals surface area contributed by atoms with Crippen LogP contribution in [0.25, 0.3) is 31.7 Å². The summed E-state index contributed by atoms with van der Waals surface area (Å²) in [5.41, 5.74) is 2.59. The smallest absolute Gasteiger partial charge is 0.167 e. The molecule has 2 aromatic heterocycles. The maximum Gasteiger partial charge on any atom is 0.167 e. The summed E-state index contributed by atoms with van der Waals surface area (Å²) in [5, 5.41) is 1.22. The van der Waals surface area contributed by atoms with Gasteiger partial charge in [-0.05, 0) is 18.2 Å². The van der Waals surface area contributed by atoms with Gasteiger partial charge in [-0.2, -0.15) is 0 Å². The Kier molecular flexibility index (Phi) is 3.33. The summed E-state index contributed by atoms with van der Waals surface area (Å²) in [6.45, 7) is 0.461. The van der Waals surface area contributed by atoms with Crippen molar-refractivity contribution in [2.45, 2.75) is 6.42 Å². The zero-order chi connectivity index (χ0) is 17.8. The molecule has 0 radical (unpaired) electrons. The summed E-state index contributed by atoms with van der Waals surface area (Å²) in [6.07, 6.45) is 2.23. The first kappa shape index (κ1) is 15.5. The van der Waals surface area contributed by atoms with Crippen LogP contribution < -0.4 is 9.47 Å². The van der Waals surface area contributed by atoms with Crippen LogP contribution in [0.5, 0.6) is 11.5 Å². The zero-order valence-corrected chi connectivity index (χ0v) is 14.5. The summed E-state index contributed by atoms with van der Waals surface area (Å²) in [7, 11) is 1.54. The Morgan fingerprint density at radius 2 is 2.08 bits per heavy atom. The number of ether oxygens (including phenoxy) is 2. The Hall–Kier alpha value is -2.80. The van der Waals surface area contributed by atoms with Gasteiger partial charge < -0.3 is 9.47 Å². The molecule has 0 N–H and O–H groups in total. The normalized spacial score (nSPS) is 13.2. The van der Waals surface area contributed by atoms with Gasteiger partial charge in [-0.25, -0.2) is 13.8 Å². The van der Waals surface area contributed by atoms with Crippen molar-refractivity contribution in [3.63, 3.8) is 0 Å². The number of hydrogen-bond acceptors (Lipinski definition) is 5. The van der Waals surface area contributed by atoms with Crippen molar-refractivity contribution < 1.29 is 18.3 Å². The fraction of sp³-hybridized carbons (Fsp3) is 0.158. The highest BCUT2D eigenvalue weighted by molar-refractivity contribution is 7.22. The third-order valence-corrected chi connectivity index (χ3v) is 5.63. The first-order chi connectivity index (χ1) is 12.6. The Morgan fingerprint density at radius 1 is 1.19 bits per heavy atom. The lowest BCUT2D eigenvalue weighted by Gasteiger charge is -2.06. The SMILES string of the molecule is COc1cnc2c(-c3nc4cc(F)c5c(c4s3)CCO5)cc(F)cc2c1. The van der Waals surface area contributed by atoms with Gasteiger partial charge >= 0.3 is 0 Å². The summed E-state index contributed by atoms with van der Waals surface area (Å²) >= 11 is 1.40. The predicted octanol–water partition coefficient (Wildman–Crippen LogP) is 4.73. The van der Waals surface area contributed by atoms with Crippen LogP contribution in [0, 0.1) is 11.6 Å². The number of fused-ring (bicyclic) bond motifs is 4. The molecule has 2 aromatic carbocycles. The van der Waals surface area contributed by atoms with Gasteiger partial charge in [0, 0.05) is 29.0 Å². The van der Waals surface area contributed by atoms with Crippen molar-refractivity contribution in [3.8, 4) is 22.1 Å². The van der Waals surface area contributed by atoms with Gasteiger partial charge in [0.05, 0.1) is 35.6 Å². The van der Waals surface area contributed by atoms with Crippen molar-refractivity contribution in [1.29, 1.82) is 0 Å². The van der Waals surface area contributed by atoms with Crippen LogP contribution in [0.2, 0.25) is 0 Å². The molecule has 0 atom stereocenters. The minimum Gasteiger partial charge on any atom is -0.495 e. The number of pyridine rings is 1. The van der Waals surface area contributed by atoms with Crippen molar-refractivity contribution in [1.82, 2.24) is 9.97 Å². The summed E-state index contributed by atoms with van der Waals surface area (Å²) < 4.78 is 39.8. The van der Waals surface area contributed by atoms with E-state index in [2.05, 4.69) is 9.97 Å². The van der Waals surface area contributed by atoms with Gasteiger partial charge in [-0.3, -0.25) is 4.98 Å². The molecule has 3 heterocycles. The fourth-order valence-electron chi connectivity index (χ4n) is 3.30. The minimum absolute atomic E-state index is 0.305. The number of rotatable bonds is 2. The lowest BCUT2D eigenvalue weighted by molar-refractivity contribution is 0.339. The summed E-state index contributed by atoms with van der Waals surface area (Å²) in [6, 6.07) is 5.92. The molecule has 5 rings (SSSR count). The second kappa shape index (κ2) is 5.60. The van der Waals surface area contributed by atoms with Crippen molar-refractivity contribution in [3.05, 3.63) is 47.7 Å². The highest BCUT2D eigenvalue weighted by Gasteiger charge is 2.23. The van der Waals surface area contributed by atoms with E-state index in [0.717, 1.165) is 10.3 Å². The van der Waals surface area contributed by atoms with Gasteiger partial charge in [-0.15, -0.1) is 11.3 Å². The van der Waals surface area contributed by atoms with E-state index in [9.17, 15) is 8.78 Å². The topological polar surface area (TPSA) is 44.2 Å². The molecule has 0 bridgehead atoms. The molecule has 130 valence electrons. The van der Waals surface area contributed by atoms with Crippen molar-refractivity contribution in [2.75, 3.05) is 13.7 Å². The Labute approximate surface area is 151 Å². The second-order valence-electron chi connectivity index (χ2n) is 6.03. The van der Waals surface area contributed by atoms with E-state index in [-0.39, 0.29) is 5.82 Å². The van der Waals surface area contributed by atoms with Crippen LogP contribution in [-0.2, 0) is 6.42 Å². The number of hydrogen-bond donors (Lipinski definition) is 0. The maximum atomic E-state index is 14.2. The number of benzene rings is 2. The highest BCUT2D eigenvalue weighted by Crippen LogP contribution is 2.41. The molecule has 4 nitrogen and oxygen atoms in total. The van der Waals surface area contributed by atoms with Gasteiger partial charge in [0.25, 0.3) is 0 Å². The number of nitrogens with zero attached hydrogens (tertiary/aromatic N) is 2. The number of thiazole rings is 1. The molecular weight excluding hydrogens is 358 g/mol. The standard InChI is InChI=1S/C19H12F2N2O2S/c1-24-11-5-9-4-10(20)6-13(16(9)22-8-11)19-23-15-7-14(21)17-12(2-3-25-17)18(15)26-19/h4-8H,2-3H2,1H3. The van der Waals surface area contributed by atoms with E-state index < -0.39 is 5.82 Å². The minimum atomic E-state index is -0.409. The lowest BCUT2D eigenvalue weighted by atomic mass is 10.1. The summed E-state index contributed by atoms with van der Waals surface area (Å²) in [5.74, 6) is 0.0606. The molecule has 0 unspecified atom stereocenters. The molecule has 26 heavy (non-hydrogen) atoms. The van der Waals surface area contributed by atoms with Gasteiger partial charge in [0.2, 0.25) is 0 Å². The van der Waals surface area contributed by atoms with E-state index in [1.807, 2.05) is 0 Å². The molecule has 1 aliphatic heterocycles. The molecule has 0 fully saturated rings. The largest absolute Gasteiger partial charge is 0.495 e. The van der Waals surface area contributed by atoms with Gasteiger partial charge in [-0.1, -0.05) is 0 Å². The Morgan fingerprint density at radius 3 is 2.92 bits per heavy atom. The third-order valence-electron chi connectivity index (χ3n) is 4.47. The number of halogens is 2. The molecular formula is C19H12F2N2O2S. The third kappa shape index (κ3) is 2.24. The molecule has 0 saturated carbocycles. The molecule has 0 spiro atoms. The average molecular weight is 370 g/mol. The first-order valence-electron chi connectivity index (χ1n) is 8.02. The van der Waals surface area contributed by atoms with Gasteiger partial charge in [0.1, 0.15) is 16.6 Å². The van der Waals surface area contributed by atoms with E-state index in [4.69, 9.17) is 9.47 Å². The van der Waals surface area contributed by atoms with Crippen LogP contribution >= 0.6 is 11.3 Å². The van der Waals surface area contributed by atoms with Gasteiger partial charge in [0.15, 0.2) is 11.6 Å². The monoisotopic (exact) mass is 370 g/mol. The number of aromatic nitrogens is 2. The molecule has 1 aliphatic rings. The Balaban J connectivity index is 1.78. The first-order valence-corrected chi connectivity index (χ1v) is 8.84. The van der Waals surface area contributed by atoms with E-state index in [0.29, 0.717) is 51.5 Å².